The molecule has 0 bridgehead atoms. The third kappa shape index (κ3) is 2.37. The first kappa shape index (κ1) is 9.32. The van der Waals surface area contributed by atoms with Gasteiger partial charge >= 0.3 is 0 Å². The molecule has 0 aromatic heterocycles. The summed E-state index contributed by atoms with van der Waals surface area (Å²) in [6.07, 6.45) is 1.02. The topological polar surface area (TPSA) is 12.5 Å². The van der Waals surface area contributed by atoms with Gasteiger partial charge in [-0.25, -0.2) is 0 Å². The molecule has 1 saturated heterocycles. The summed E-state index contributed by atoms with van der Waals surface area (Å²) in [7, 11) is 0. The zero-order valence-corrected chi connectivity index (χ0v) is 8.55. The van der Waals surface area contributed by atoms with Gasteiger partial charge in [-0.3, -0.25) is 0 Å². The minimum atomic E-state index is 0.0555. The Labute approximate surface area is 87.6 Å². The highest BCUT2D eigenvalue weighted by Gasteiger charge is 2.31. The van der Waals surface area contributed by atoms with E-state index < -0.39 is 0 Å². The number of hydrogen-bond donors (Lipinski definition) is 0. The van der Waals surface area contributed by atoms with E-state index in [4.69, 9.17) is 27.9 Å². The number of halogens is 2. The Morgan fingerprint density at radius 1 is 1.46 bits per heavy atom. The molecule has 1 aliphatic rings. The van der Waals surface area contributed by atoms with Crippen LogP contribution < -0.4 is 0 Å². The summed E-state index contributed by atoms with van der Waals surface area (Å²) in [6, 6.07) is 7.77. The highest BCUT2D eigenvalue weighted by Crippen LogP contribution is 2.25. The fourth-order valence-corrected chi connectivity index (χ4v) is 1.79. The molecule has 70 valence electrons. The smallest absolute Gasteiger partial charge is 0.0976 e. The highest BCUT2D eigenvalue weighted by molar-refractivity contribution is 6.31. The Balaban J connectivity index is 2.03. The zero-order chi connectivity index (χ0) is 9.26. The van der Waals surface area contributed by atoms with E-state index in [1.54, 1.807) is 0 Å². The lowest BCUT2D eigenvalue weighted by atomic mass is 10.1. The summed E-state index contributed by atoms with van der Waals surface area (Å²) in [5.74, 6) is 0. The van der Waals surface area contributed by atoms with E-state index in [1.165, 1.54) is 0 Å². The van der Waals surface area contributed by atoms with Gasteiger partial charge in [0.2, 0.25) is 0 Å². The first-order chi connectivity index (χ1) is 6.27. The van der Waals surface area contributed by atoms with Crippen molar-refractivity contribution in [2.24, 2.45) is 0 Å². The molecular formula is C10H10Cl2O. The average Bonchev–Trinajstić information content (AvgIpc) is 2.91. The van der Waals surface area contributed by atoms with Crippen LogP contribution >= 0.6 is 23.2 Å². The van der Waals surface area contributed by atoms with E-state index in [0.717, 1.165) is 23.6 Å². The molecular weight excluding hydrogens is 207 g/mol. The second-order valence-corrected chi connectivity index (χ2v) is 4.15. The predicted octanol–water partition coefficient (Wildman–Crippen LogP) is 2.89. The molecule has 0 amide bonds. The molecule has 1 aliphatic heterocycles. The van der Waals surface area contributed by atoms with Gasteiger partial charge in [0.05, 0.1) is 18.1 Å². The fraction of sp³-hybridized carbons (Fsp3) is 0.400. The van der Waals surface area contributed by atoms with Crippen molar-refractivity contribution in [1.29, 1.82) is 0 Å². The molecule has 1 aromatic rings. The van der Waals surface area contributed by atoms with E-state index in [2.05, 4.69) is 0 Å². The van der Waals surface area contributed by atoms with Gasteiger partial charge in [0.25, 0.3) is 0 Å². The van der Waals surface area contributed by atoms with Gasteiger partial charge in [-0.2, -0.15) is 0 Å². The van der Waals surface area contributed by atoms with Gasteiger partial charge in [0.1, 0.15) is 0 Å². The van der Waals surface area contributed by atoms with E-state index in [0.29, 0.717) is 0 Å². The summed E-state index contributed by atoms with van der Waals surface area (Å²) in [5, 5.41) is 0.841. The molecule has 0 spiro atoms. The zero-order valence-electron chi connectivity index (χ0n) is 7.04. The second-order valence-electron chi connectivity index (χ2n) is 3.18. The van der Waals surface area contributed by atoms with Crippen LogP contribution in [0, 0.1) is 0 Å². The van der Waals surface area contributed by atoms with Crippen LogP contribution in [0.4, 0.5) is 0 Å². The standard InChI is InChI=1S/C10H10Cl2O/c11-8-4-2-1-3-7(8)5-9(12)10-6-13-10/h1-4,9-10H,5-6H2. The molecule has 0 radical (unpaired) electrons. The third-order valence-corrected chi connectivity index (χ3v) is 2.94. The first-order valence-corrected chi connectivity index (χ1v) is 5.08. The molecule has 0 aliphatic carbocycles. The molecule has 2 atom stereocenters. The normalized spacial score (nSPS) is 22.8. The van der Waals surface area contributed by atoms with Gasteiger partial charge in [0, 0.05) is 5.02 Å². The van der Waals surface area contributed by atoms with Crippen molar-refractivity contribution < 1.29 is 4.74 Å². The molecule has 13 heavy (non-hydrogen) atoms. The van der Waals surface area contributed by atoms with Crippen molar-refractivity contribution >= 4 is 23.2 Å². The van der Waals surface area contributed by atoms with Crippen LogP contribution in [0.15, 0.2) is 24.3 Å². The largest absolute Gasteiger partial charge is 0.372 e. The molecule has 0 saturated carbocycles. The van der Waals surface area contributed by atoms with Crippen LogP contribution in [-0.2, 0) is 11.2 Å². The van der Waals surface area contributed by atoms with Crippen LogP contribution in [0.5, 0.6) is 0 Å². The van der Waals surface area contributed by atoms with Crippen LogP contribution in [-0.4, -0.2) is 18.1 Å². The van der Waals surface area contributed by atoms with Crippen molar-refractivity contribution in [2.45, 2.75) is 17.9 Å². The first-order valence-electron chi connectivity index (χ1n) is 4.26. The van der Waals surface area contributed by atoms with E-state index in [9.17, 15) is 0 Å². The third-order valence-electron chi connectivity index (χ3n) is 2.14. The van der Waals surface area contributed by atoms with Crippen molar-refractivity contribution in [3.63, 3.8) is 0 Å². The summed E-state index contributed by atoms with van der Waals surface area (Å²) in [4.78, 5) is 0. The lowest BCUT2D eigenvalue weighted by Crippen LogP contribution is -2.11. The van der Waals surface area contributed by atoms with Gasteiger partial charge < -0.3 is 4.74 Å². The van der Waals surface area contributed by atoms with E-state index >= 15 is 0 Å². The van der Waals surface area contributed by atoms with Gasteiger partial charge in [-0.05, 0) is 18.1 Å². The van der Waals surface area contributed by atoms with Gasteiger partial charge in [-0.15, -0.1) is 11.6 Å². The highest BCUT2D eigenvalue weighted by atomic mass is 35.5. The molecule has 3 heteroatoms. The molecule has 2 rings (SSSR count). The number of epoxide rings is 1. The molecule has 1 heterocycles. The van der Waals surface area contributed by atoms with Crippen molar-refractivity contribution in [3.8, 4) is 0 Å². The number of rotatable bonds is 3. The van der Waals surface area contributed by atoms with Crippen LogP contribution in [0.2, 0.25) is 5.02 Å². The number of benzene rings is 1. The summed E-state index contributed by atoms with van der Waals surface area (Å²) in [5.41, 5.74) is 1.10. The second kappa shape index (κ2) is 3.87. The quantitative estimate of drug-likeness (QED) is 0.560. The Morgan fingerprint density at radius 2 is 2.15 bits per heavy atom. The lowest BCUT2D eigenvalue weighted by molar-refractivity contribution is 0.399. The minimum absolute atomic E-state index is 0.0555. The monoisotopic (exact) mass is 216 g/mol. The van der Waals surface area contributed by atoms with Crippen LogP contribution in [0.1, 0.15) is 5.56 Å². The maximum Gasteiger partial charge on any atom is 0.0976 e. The van der Waals surface area contributed by atoms with E-state index in [-0.39, 0.29) is 11.5 Å². The maximum absolute atomic E-state index is 6.10. The van der Waals surface area contributed by atoms with Crippen molar-refractivity contribution in [1.82, 2.24) is 0 Å². The molecule has 1 fully saturated rings. The molecule has 1 aromatic carbocycles. The van der Waals surface area contributed by atoms with Gasteiger partial charge in [-0.1, -0.05) is 29.8 Å². The summed E-state index contributed by atoms with van der Waals surface area (Å²) in [6.45, 7) is 0.790. The van der Waals surface area contributed by atoms with Crippen molar-refractivity contribution in [3.05, 3.63) is 34.9 Å². The van der Waals surface area contributed by atoms with E-state index in [1.807, 2.05) is 24.3 Å². The number of ether oxygens (including phenoxy) is 1. The minimum Gasteiger partial charge on any atom is -0.372 e. The maximum atomic E-state index is 6.10. The molecule has 0 N–H and O–H groups in total. The Morgan fingerprint density at radius 3 is 2.77 bits per heavy atom. The number of hydrogen-bond acceptors (Lipinski definition) is 1. The number of alkyl halides is 1. The van der Waals surface area contributed by atoms with Gasteiger partial charge in [0.15, 0.2) is 0 Å². The fourth-order valence-electron chi connectivity index (χ4n) is 1.27. The Kier molecular flexibility index (Phi) is 2.77. The average molecular weight is 217 g/mol. The van der Waals surface area contributed by atoms with Crippen LogP contribution in [0.3, 0.4) is 0 Å². The Bertz CT molecular complexity index is 297. The van der Waals surface area contributed by atoms with Crippen molar-refractivity contribution in [2.75, 3.05) is 6.61 Å². The lowest BCUT2D eigenvalue weighted by Gasteiger charge is -2.07. The SMILES string of the molecule is Clc1ccccc1CC(Cl)C1CO1. The predicted molar refractivity (Wildman–Crippen MR) is 54.5 cm³/mol. The van der Waals surface area contributed by atoms with Crippen LogP contribution in [0.25, 0.3) is 0 Å². The summed E-state index contributed by atoms with van der Waals surface area (Å²) < 4.78 is 5.11. The molecule has 1 nitrogen and oxygen atoms in total. The molecule has 2 unspecified atom stereocenters. The summed E-state index contributed by atoms with van der Waals surface area (Å²) >= 11 is 12.1. The Hall–Kier alpha value is -0.240.